The fraction of sp³-hybridized carbons (Fsp3) is 0.375. The average molecular weight is 338 g/mol. The molecule has 0 bridgehead atoms. The van der Waals surface area contributed by atoms with Gasteiger partial charge in [0.05, 0.1) is 18.5 Å². The van der Waals surface area contributed by atoms with E-state index in [0.29, 0.717) is 17.5 Å². The predicted octanol–water partition coefficient (Wildman–Crippen LogP) is 4.98. The van der Waals surface area contributed by atoms with Crippen molar-refractivity contribution in [3.8, 4) is 5.75 Å². The summed E-state index contributed by atoms with van der Waals surface area (Å²) in [5.74, 6) is 1.39. The van der Waals surface area contributed by atoms with Gasteiger partial charge in [-0.2, -0.15) is 5.10 Å². The number of aromatic nitrogens is 1. The van der Waals surface area contributed by atoms with Gasteiger partial charge < -0.3 is 4.74 Å². The zero-order valence-electron chi connectivity index (χ0n) is 13.0. The number of halogens is 1. The number of hydrogen-bond acceptors (Lipinski definition) is 5. The third-order valence-electron chi connectivity index (χ3n) is 2.91. The number of ether oxygens (including phenoxy) is 1. The summed E-state index contributed by atoms with van der Waals surface area (Å²) in [5.41, 5.74) is 4.73. The first kappa shape index (κ1) is 16.8. The lowest BCUT2D eigenvalue weighted by Gasteiger charge is -2.10. The van der Waals surface area contributed by atoms with E-state index in [2.05, 4.69) is 29.4 Å². The number of anilines is 1. The first-order valence-corrected chi connectivity index (χ1v) is 8.44. The van der Waals surface area contributed by atoms with Crippen molar-refractivity contribution in [3.63, 3.8) is 0 Å². The smallest absolute Gasteiger partial charge is 0.203 e. The summed E-state index contributed by atoms with van der Waals surface area (Å²) < 4.78 is 5.82. The van der Waals surface area contributed by atoms with Gasteiger partial charge in [0.1, 0.15) is 5.75 Å². The van der Waals surface area contributed by atoms with Gasteiger partial charge in [0.15, 0.2) is 0 Å². The number of rotatable bonds is 7. The average Bonchev–Trinajstić information content (AvgIpc) is 2.86. The summed E-state index contributed by atoms with van der Waals surface area (Å²) >= 11 is 7.57. The van der Waals surface area contributed by atoms with Crippen LogP contribution in [0.1, 0.15) is 31.5 Å². The van der Waals surface area contributed by atoms with E-state index >= 15 is 0 Å². The van der Waals surface area contributed by atoms with Crippen molar-refractivity contribution < 1.29 is 4.74 Å². The highest BCUT2D eigenvalue weighted by Gasteiger charge is 2.04. The minimum atomic E-state index is 0.610. The fourth-order valence-corrected chi connectivity index (χ4v) is 2.54. The Morgan fingerprint density at radius 2 is 2.27 bits per heavy atom. The Bertz CT molecular complexity index is 640. The SMILES string of the molecule is Cc1csc(NN=Cc2cc(Cl)ccc2OCCC(C)C)n1. The molecule has 1 N–H and O–H groups in total. The van der Waals surface area contributed by atoms with E-state index < -0.39 is 0 Å². The lowest BCUT2D eigenvalue weighted by molar-refractivity contribution is 0.289. The monoisotopic (exact) mass is 337 g/mol. The van der Waals surface area contributed by atoms with E-state index in [0.717, 1.165) is 28.6 Å². The Balaban J connectivity index is 2.02. The summed E-state index contributed by atoms with van der Waals surface area (Å²) in [5, 5.41) is 7.59. The molecule has 0 amide bonds. The van der Waals surface area contributed by atoms with E-state index in [1.165, 1.54) is 11.3 Å². The predicted molar refractivity (Wildman–Crippen MR) is 94.5 cm³/mol. The largest absolute Gasteiger partial charge is 0.493 e. The van der Waals surface area contributed by atoms with Crippen LogP contribution in [0.4, 0.5) is 5.13 Å². The number of hydrazone groups is 1. The lowest BCUT2D eigenvalue weighted by atomic mass is 10.1. The molecule has 4 nitrogen and oxygen atoms in total. The fourth-order valence-electron chi connectivity index (χ4n) is 1.72. The van der Waals surface area contributed by atoms with Gasteiger partial charge in [-0.05, 0) is 37.5 Å². The van der Waals surface area contributed by atoms with Gasteiger partial charge in [-0.3, -0.25) is 5.43 Å². The maximum absolute atomic E-state index is 6.05. The number of aryl methyl sites for hydroxylation is 1. The molecule has 0 saturated carbocycles. The van der Waals surface area contributed by atoms with E-state index in [1.807, 2.05) is 30.5 Å². The highest BCUT2D eigenvalue weighted by molar-refractivity contribution is 7.13. The van der Waals surface area contributed by atoms with Crippen molar-refractivity contribution in [1.29, 1.82) is 0 Å². The van der Waals surface area contributed by atoms with Crippen LogP contribution >= 0.6 is 22.9 Å². The minimum Gasteiger partial charge on any atom is -0.493 e. The Morgan fingerprint density at radius 3 is 2.95 bits per heavy atom. The molecule has 118 valence electrons. The minimum absolute atomic E-state index is 0.610. The van der Waals surface area contributed by atoms with Gasteiger partial charge in [0.25, 0.3) is 0 Å². The molecule has 1 aromatic heterocycles. The van der Waals surface area contributed by atoms with Crippen LogP contribution in [0.2, 0.25) is 5.02 Å². The molecule has 0 unspecified atom stereocenters. The van der Waals surface area contributed by atoms with Crippen LogP contribution in [-0.4, -0.2) is 17.8 Å². The van der Waals surface area contributed by atoms with Gasteiger partial charge in [-0.15, -0.1) is 11.3 Å². The van der Waals surface area contributed by atoms with Crippen LogP contribution in [0.5, 0.6) is 5.75 Å². The zero-order valence-corrected chi connectivity index (χ0v) is 14.5. The summed E-state index contributed by atoms with van der Waals surface area (Å²) in [7, 11) is 0. The second-order valence-corrected chi connectivity index (χ2v) is 6.67. The van der Waals surface area contributed by atoms with Crippen molar-refractivity contribution in [2.45, 2.75) is 27.2 Å². The molecule has 1 heterocycles. The number of thiazole rings is 1. The molecule has 0 spiro atoms. The Kier molecular flexibility index (Phi) is 6.21. The Hall–Kier alpha value is -1.59. The second-order valence-electron chi connectivity index (χ2n) is 5.38. The molecule has 0 radical (unpaired) electrons. The molecule has 22 heavy (non-hydrogen) atoms. The number of hydrogen-bond donors (Lipinski definition) is 1. The Morgan fingerprint density at radius 1 is 1.45 bits per heavy atom. The maximum Gasteiger partial charge on any atom is 0.203 e. The van der Waals surface area contributed by atoms with Crippen LogP contribution in [-0.2, 0) is 0 Å². The molecule has 0 aliphatic heterocycles. The van der Waals surface area contributed by atoms with Crippen molar-refractivity contribution in [2.75, 3.05) is 12.0 Å². The van der Waals surface area contributed by atoms with Crippen molar-refractivity contribution >= 4 is 34.3 Å². The van der Waals surface area contributed by atoms with E-state index in [-0.39, 0.29) is 0 Å². The molecular formula is C16H20ClN3OS. The number of nitrogens with zero attached hydrogens (tertiary/aromatic N) is 2. The van der Waals surface area contributed by atoms with Crippen molar-refractivity contribution in [2.24, 2.45) is 11.0 Å². The molecule has 0 atom stereocenters. The zero-order chi connectivity index (χ0) is 15.9. The molecule has 0 fully saturated rings. The first-order chi connectivity index (χ1) is 10.5. The third kappa shape index (κ3) is 5.31. The molecule has 0 saturated heterocycles. The standard InChI is InChI=1S/C16H20ClN3OS/c1-11(2)6-7-21-15-5-4-14(17)8-13(15)9-18-20-16-19-12(3)10-22-16/h4-5,8-11H,6-7H2,1-3H3,(H,19,20). The molecule has 1 aromatic carbocycles. The second kappa shape index (κ2) is 8.15. The van der Waals surface area contributed by atoms with Crippen LogP contribution < -0.4 is 10.2 Å². The summed E-state index contributed by atoms with van der Waals surface area (Å²) in [6.07, 6.45) is 2.71. The van der Waals surface area contributed by atoms with Crippen LogP contribution in [0.15, 0.2) is 28.7 Å². The molecule has 2 rings (SSSR count). The summed E-state index contributed by atoms with van der Waals surface area (Å²) in [6, 6.07) is 5.53. The maximum atomic E-state index is 6.05. The highest BCUT2D eigenvalue weighted by atomic mass is 35.5. The van der Waals surface area contributed by atoms with Gasteiger partial charge in [-0.25, -0.2) is 4.98 Å². The Labute approximate surface area is 140 Å². The molecule has 0 aliphatic rings. The quantitative estimate of drug-likeness (QED) is 0.572. The lowest BCUT2D eigenvalue weighted by Crippen LogP contribution is -2.03. The first-order valence-electron chi connectivity index (χ1n) is 7.18. The van der Waals surface area contributed by atoms with E-state index in [9.17, 15) is 0 Å². The highest BCUT2D eigenvalue weighted by Crippen LogP contribution is 2.22. The van der Waals surface area contributed by atoms with Gasteiger partial charge >= 0.3 is 0 Å². The summed E-state index contributed by atoms with van der Waals surface area (Å²) in [4.78, 5) is 4.29. The van der Waals surface area contributed by atoms with E-state index in [4.69, 9.17) is 16.3 Å². The van der Waals surface area contributed by atoms with E-state index in [1.54, 1.807) is 6.21 Å². The summed E-state index contributed by atoms with van der Waals surface area (Å²) in [6.45, 7) is 6.98. The molecular weight excluding hydrogens is 318 g/mol. The third-order valence-corrected chi connectivity index (χ3v) is 4.01. The van der Waals surface area contributed by atoms with Gasteiger partial charge in [0, 0.05) is 16.0 Å². The van der Waals surface area contributed by atoms with Crippen molar-refractivity contribution in [1.82, 2.24) is 4.98 Å². The molecule has 2 aromatic rings. The molecule has 0 aliphatic carbocycles. The van der Waals surface area contributed by atoms with Crippen LogP contribution in [0, 0.1) is 12.8 Å². The number of nitrogens with one attached hydrogen (secondary N) is 1. The van der Waals surface area contributed by atoms with Crippen LogP contribution in [0.3, 0.4) is 0 Å². The molecule has 6 heteroatoms. The topological polar surface area (TPSA) is 46.5 Å². The van der Waals surface area contributed by atoms with Crippen LogP contribution in [0.25, 0.3) is 0 Å². The normalized spacial score (nSPS) is 11.3. The van der Waals surface area contributed by atoms with Crippen molar-refractivity contribution in [3.05, 3.63) is 39.9 Å². The number of benzene rings is 1. The van der Waals surface area contributed by atoms with Gasteiger partial charge in [0.2, 0.25) is 5.13 Å². The van der Waals surface area contributed by atoms with Gasteiger partial charge in [-0.1, -0.05) is 25.4 Å².